The number of aliphatic imine (C=N–C) groups is 1. The molecule has 142 valence electrons. The van der Waals surface area contributed by atoms with E-state index in [-0.39, 0.29) is 11.2 Å². The maximum Gasteiger partial charge on any atom is 0.191 e. The van der Waals surface area contributed by atoms with Crippen LogP contribution in [0.15, 0.2) is 70.7 Å². The number of carbonyl (C=O) groups is 1. The predicted octanol–water partition coefficient (Wildman–Crippen LogP) is 3.66. The summed E-state index contributed by atoms with van der Waals surface area (Å²) in [4.78, 5) is 42.8. The topological polar surface area (TPSA) is 101 Å². The number of ketones is 1. The Kier molecular flexibility index (Phi) is 5.03. The van der Waals surface area contributed by atoms with E-state index in [1.807, 2.05) is 25.1 Å². The number of carbonyl (C=O) groups excluding carboxylic acids is 1. The molecule has 0 atom stereocenters. The van der Waals surface area contributed by atoms with E-state index in [9.17, 15) is 9.59 Å². The molecule has 4 aromatic heterocycles. The normalized spacial score (nSPS) is 12.2. The molecule has 29 heavy (non-hydrogen) atoms. The first kappa shape index (κ1) is 18.4. The van der Waals surface area contributed by atoms with Crippen molar-refractivity contribution < 1.29 is 4.79 Å². The van der Waals surface area contributed by atoms with Gasteiger partial charge < -0.3 is 4.98 Å². The molecule has 0 saturated heterocycles. The number of hydrogen-bond acceptors (Lipinski definition) is 6. The summed E-state index contributed by atoms with van der Waals surface area (Å²) in [5.41, 5.74) is 3.53. The third-order valence-electron chi connectivity index (χ3n) is 4.34. The summed E-state index contributed by atoms with van der Waals surface area (Å²) in [5.74, 6) is 0.645. The molecule has 0 aromatic carbocycles. The number of nitrogens with zero attached hydrogens (tertiary/aromatic N) is 4. The van der Waals surface area contributed by atoms with Crippen LogP contribution < -0.4 is 5.43 Å². The van der Waals surface area contributed by atoms with Crippen LogP contribution in [0.5, 0.6) is 0 Å². The van der Waals surface area contributed by atoms with E-state index in [1.54, 1.807) is 48.9 Å². The van der Waals surface area contributed by atoms with Crippen LogP contribution in [0.2, 0.25) is 0 Å². The number of aryl methyl sites for hydroxylation is 1. The molecule has 0 saturated carbocycles. The minimum atomic E-state index is -0.0462. The summed E-state index contributed by atoms with van der Waals surface area (Å²) in [6, 6.07) is 14.3. The van der Waals surface area contributed by atoms with Crippen molar-refractivity contribution in [3.63, 3.8) is 0 Å². The minimum Gasteiger partial charge on any atom is -0.338 e. The number of nitrogens with one attached hydrogen (secondary N) is 1. The largest absolute Gasteiger partial charge is 0.338 e. The number of aromatic nitrogens is 4. The predicted molar refractivity (Wildman–Crippen MR) is 112 cm³/mol. The van der Waals surface area contributed by atoms with Gasteiger partial charge in [0.1, 0.15) is 5.65 Å². The zero-order chi connectivity index (χ0) is 20.2. The number of hydrogen-bond donors (Lipinski definition) is 1. The highest BCUT2D eigenvalue weighted by molar-refractivity contribution is 6.09. The standard InChI is InChI=1S/C14H11N3O.C8H6N2O/c1-9-4-2-6-11(16-9)12-8-13(18)10-5-3-7-15-14(10)17-12;11-7-3-5-10-8-6(7)2-1-4-9-8/h2-8H,1H3,(H,15,17,18);1-2,4-5H,3H2. The molecule has 1 aliphatic heterocycles. The zero-order valence-electron chi connectivity index (χ0n) is 15.7. The Labute approximate surface area is 166 Å². The fourth-order valence-corrected chi connectivity index (χ4v) is 2.95. The lowest BCUT2D eigenvalue weighted by Gasteiger charge is -2.04. The van der Waals surface area contributed by atoms with E-state index in [2.05, 4.69) is 24.9 Å². The molecule has 0 unspecified atom stereocenters. The fourth-order valence-electron chi connectivity index (χ4n) is 2.95. The van der Waals surface area contributed by atoms with Crippen LogP contribution in [0.3, 0.4) is 0 Å². The maximum absolute atomic E-state index is 12.0. The van der Waals surface area contributed by atoms with Crippen LogP contribution in [-0.4, -0.2) is 31.9 Å². The quantitative estimate of drug-likeness (QED) is 0.540. The highest BCUT2D eigenvalue weighted by atomic mass is 16.1. The highest BCUT2D eigenvalue weighted by Crippen LogP contribution is 2.19. The van der Waals surface area contributed by atoms with Gasteiger partial charge in [0.15, 0.2) is 17.0 Å². The number of aromatic amines is 1. The molecule has 4 aromatic rings. The Morgan fingerprint density at radius 2 is 1.79 bits per heavy atom. The summed E-state index contributed by atoms with van der Waals surface area (Å²) in [7, 11) is 0. The number of Topliss-reactive ketones (excluding diaryl/α,β-unsaturated/α-hetero) is 1. The SMILES string of the molecule is Cc1cccc(-c2cc(=O)c3cccnc3[nH]2)n1.O=C1CC=Nc2ncccc21. The van der Waals surface area contributed by atoms with E-state index in [0.29, 0.717) is 34.5 Å². The second kappa shape index (κ2) is 7.93. The first-order valence-corrected chi connectivity index (χ1v) is 9.04. The van der Waals surface area contributed by atoms with Crippen molar-refractivity contribution in [3.05, 3.63) is 82.4 Å². The van der Waals surface area contributed by atoms with Gasteiger partial charge in [0.2, 0.25) is 0 Å². The van der Waals surface area contributed by atoms with Crippen LogP contribution in [0.25, 0.3) is 22.4 Å². The van der Waals surface area contributed by atoms with Crippen molar-refractivity contribution in [1.29, 1.82) is 0 Å². The number of rotatable bonds is 1. The first-order valence-electron chi connectivity index (χ1n) is 9.04. The Morgan fingerprint density at radius 3 is 2.62 bits per heavy atom. The van der Waals surface area contributed by atoms with Crippen molar-refractivity contribution >= 4 is 28.8 Å². The zero-order valence-corrected chi connectivity index (χ0v) is 15.7. The van der Waals surface area contributed by atoms with Crippen LogP contribution in [0.1, 0.15) is 22.5 Å². The van der Waals surface area contributed by atoms with E-state index in [1.165, 1.54) is 0 Å². The summed E-state index contributed by atoms with van der Waals surface area (Å²) in [6.07, 6.45) is 5.29. The van der Waals surface area contributed by atoms with Gasteiger partial charge in [-0.2, -0.15) is 0 Å². The number of fused-ring (bicyclic) bond motifs is 2. The smallest absolute Gasteiger partial charge is 0.191 e. The molecule has 0 bridgehead atoms. The van der Waals surface area contributed by atoms with Gasteiger partial charge in [0.25, 0.3) is 0 Å². The monoisotopic (exact) mass is 383 g/mol. The average Bonchev–Trinajstić information content (AvgIpc) is 2.75. The molecule has 0 aliphatic carbocycles. The minimum absolute atomic E-state index is 0.0462. The lowest BCUT2D eigenvalue weighted by molar-refractivity contribution is 0.100. The number of H-pyrrole nitrogens is 1. The van der Waals surface area contributed by atoms with Gasteiger partial charge in [0.05, 0.1) is 22.3 Å². The van der Waals surface area contributed by atoms with Gasteiger partial charge in [-0.05, 0) is 43.3 Å². The van der Waals surface area contributed by atoms with Crippen molar-refractivity contribution in [2.75, 3.05) is 0 Å². The van der Waals surface area contributed by atoms with Gasteiger partial charge >= 0.3 is 0 Å². The molecule has 5 heterocycles. The van der Waals surface area contributed by atoms with Crippen molar-refractivity contribution in [2.45, 2.75) is 13.3 Å². The number of pyridine rings is 4. The molecule has 0 amide bonds. The highest BCUT2D eigenvalue weighted by Gasteiger charge is 2.13. The van der Waals surface area contributed by atoms with E-state index < -0.39 is 0 Å². The molecule has 1 N–H and O–H groups in total. The third kappa shape index (κ3) is 3.98. The second-order valence-corrected chi connectivity index (χ2v) is 6.42. The lowest BCUT2D eigenvalue weighted by atomic mass is 10.1. The van der Waals surface area contributed by atoms with Gasteiger partial charge in [-0.15, -0.1) is 0 Å². The molecule has 0 fully saturated rings. The van der Waals surface area contributed by atoms with Crippen LogP contribution in [0, 0.1) is 6.92 Å². The van der Waals surface area contributed by atoms with E-state index in [0.717, 1.165) is 11.4 Å². The fraction of sp³-hybridized carbons (Fsp3) is 0.0909. The first-order chi connectivity index (χ1) is 14.1. The van der Waals surface area contributed by atoms with Crippen LogP contribution in [-0.2, 0) is 0 Å². The molecule has 7 heteroatoms. The molecule has 1 aliphatic rings. The molecule has 5 rings (SSSR count). The van der Waals surface area contributed by atoms with Crippen molar-refractivity contribution in [1.82, 2.24) is 19.9 Å². The van der Waals surface area contributed by atoms with E-state index >= 15 is 0 Å². The Balaban J connectivity index is 0.000000159. The summed E-state index contributed by atoms with van der Waals surface area (Å²) in [5, 5.41) is 0.592. The summed E-state index contributed by atoms with van der Waals surface area (Å²) < 4.78 is 0. The second-order valence-electron chi connectivity index (χ2n) is 6.42. The molecule has 7 nitrogen and oxygen atoms in total. The Bertz CT molecular complexity index is 1290. The Hall–Kier alpha value is -4.00. The van der Waals surface area contributed by atoms with Crippen LogP contribution in [0.4, 0.5) is 5.82 Å². The molecular formula is C22H17N5O2. The van der Waals surface area contributed by atoms with Gasteiger partial charge in [-0.25, -0.2) is 15.0 Å². The van der Waals surface area contributed by atoms with Crippen molar-refractivity contribution in [3.8, 4) is 11.4 Å². The third-order valence-corrected chi connectivity index (χ3v) is 4.34. The Morgan fingerprint density at radius 1 is 0.966 bits per heavy atom. The van der Waals surface area contributed by atoms with Gasteiger partial charge in [0, 0.05) is 36.8 Å². The maximum atomic E-state index is 12.0. The average molecular weight is 383 g/mol. The summed E-state index contributed by atoms with van der Waals surface area (Å²) >= 11 is 0. The van der Waals surface area contributed by atoms with Gasteiger partial charge in [-0.3, -0.25) is 14.6 Å². The van der Waals surface area contributed by atoms with Gasteiger partial charge in [-0.1, -0.05) is 6.07 Å². The molecular weight excluding hydrogens is 366 g/mol. The summed E-state index contributed by atoms with van der Waals surface area (Å²) in [6.45, 7) is 1.92. The molecule has 0 radical (unpaired) electrons. The van der Waals surface area contributed by atoms with Crippen molar-refractivity contribution in [2.24, 2.45) is 4.99 Å². The lowest BCUT2D eigenvalue weighted by Crippen LogP contribution is -2.04. The molecule has 0 spiro atoms. The van der Waals surface area contributed by atoms with E-state index in [4.69, 9.17) is 0 Å². The van der Waals surface area contributed by atoms with Crippen LogP contribution >= 0.6 is 0 Å².